The first kappa shape index (κ1) is 13.2. The average molecular weight is 225 g/mol. The van der Waals surface area contributed by atoms with Crippen molar-refractivity contribution in [2.45, 2.75) is 39.2 Å². The molecule has 3 N–H and O–H groups in total. The third-order valence-corrected chi connectivity index (χ3v) is 3.42. The van der Waals surface area contributed by atoms with E-state index in [0.717, 1.165) is 12.2 Å². The lowest BCUT2D eigenvalue weighted by molar-refractivity contribution is -0.0563. The molecule has 0 aliphatic heterocycles. The topological polar surface area (TPSA) is 64.1 Å². The van der Waals surface area contributed by atoms with Crippen molar-refractivity contribution in [1.82, 2.24) is 9.55 Å². The zero-order valence-electron chi connectivity index (χ0n) is 10.7. The quantitative estimate of drug-likeness (QED) is 0.806. The number of aryl methyl sites for hydroxylation is 2. The van der Waals surface area contributed by atoms with Gasteiger partial charge in [0.1, 0.15) is 5.82 Å². The summed E-state index contributed by atoms with van der Waals surface area (Å²) in [6.45, 7) is 6.32. The molecule has 4 nitrogen and oxygen atoms in total. The van der Waals surface area contributed by atoms with Crippen LogP contribution in [0.2, 0.25) is 0 Å². The van der Waals surface area contributed by atoms with Crippen molar-refractivity contribution in [1.29, 1.82) is 0 Å². The van der Waals surface area contributed by atoms with E-state index in [1.807, 2.05) is 38.6 Å². The Morgan fingerprint density at radius 2 is 2.06 bits per heavy atom. The Kier molecular flexibility index (Phi) is 3.76. The largest absolute Gasteiger partial charge is 0.388 e. The predicted octanol–water partition coefficient (Wildman–Crippen LogP) is 1.09. The van der Waals surface area contributed by atoms with Gasteiger partial charge in [0.2, 0.25) is 0 Å². The fourth-order valence-electron chi connectivity index (χ4n) is 1.74. The molecule has 16 heavy (non-hydrogen) atoms. The van der Waals surface area contributed by atoms with Crippen LogP contribution >= 0.6 is 0 Å². The van der Waals surface area contributed by atoms with Gasteiger partial charge < -0.3 is 15.4 Å². The molecule has 1 aromatic rings. The van der Waals surface area contributed by atoms with Crippen LogP contribution in [0.4, 0.5) is 0 Å². The molecule has 1 aromatic heterocycles. The Morgan fingerprint density at radius 3 is 2.44 bits per heavy atom. The number of rotatable bonds is 4. The second kappa shape index (κ2) is 4.55. The molecule has 0 saturated carbocycles. The molecule has 1 atom stereocenters. The van der Waals surface area contributed by atoms with Gasteiger partial charge in [0.25, 0.3) is 0 Å². The van der Waals surface area contributed by atoms with Crippen LogP contribution in [0, 0.1) is 5.41 Å². The van der Waals surface area contributed by atoms with Crippen LogP contribution < -0.4 is 5.73 Å². The molecule has 1 heterocycles. The summed E-state index contributed by atoms with van der Waals surface area (Å²) in [6.07, 6.45) is 5.06. The van der Waals surface area contributed by atoms with Crippen molar-refractivity contribution in [3.63, 3.8) is 0 Å². The highest BCUT2D eigenvalue weighted by molar-refractivity contribution is 4.97. The number of aromatic nitrogens is 2. The van der Waals surface area contributed by atoms with Gasteiger partial charge in [0.05, 0.1) is 5.60 Å². The maximum absolute atomic E-state index is 10.5. The van der Waals surface area contributed by atoms with E-state index < -0.39 is 5.60 Å². The van der Waals surface area contributed by atoms with Gasteiger partial charge in [-0.3, -0.25) is 0 Å². The normalized spacial score (nSPS) is 16.1. The smallest absolute Gasteiger partial charge is 0.108 e. The van der Waals surface area contributed by atoms with Crippen molar-refractivity contribution in [2.24, 2.45) is 18.2 Å². The van der Waals surface area contributed by atoms with Gasteiger partial charge in [-0.15, -0.1) is 0 Å². The monoisotopic (exact) mass is 225 g/mol. The van der Waals surface area contributed by atoms with Gasteiger partial charge in [0.15, 0.2) is 0 Å². The molecule has 0 spiro atoms. The fourth-order valence-corrected chi connectivity index (χ4v) is 1.74. The van der Waals surface area contributed by atoms with Gasteiger partial charge in [-0.05, 0) is 11.8 Å². The van der Waals surface area contributed by atoms with E-state index in [4.69, 9.17) is 5.73 Å². The van der Waals surface area contributed by atoms with Crippen LogP contribution in [0.15, 0.2) is 12.4 Å². The maximum atomic E-state index is 10.5. The Balaban J connectivity index is 2.69. The van der Waals surface area contributed by atoms with E-state index in [9.17, 15) is 5.11 Å². The Hall–Kier alpha value is -0.870. The number of hydrogen-bond donors (Lipinski definition) is 2. The summed E-state index contributed by atoms with van der Waals surface area (Å²) in [5, 5.41) is 10.5. The SMILES string of the molecule is Cn1ccnc1CCC(O)(CN)C(C)(C)C. The predicted molar refractivity (Wildman–Crippen MR) is 65.0 cm³/mol. The lowest BCUT2D eigenvalue weighted by atomic mass is 9.74. The first-order valence-electron chi connectivity index (χ1n) is 5.69. The first-order valence-corrected chi connectivity index (χ1v) is 5.69. The van der Waals surface area contributed by atoms with E-state index in [0.29, 0.717) is 6.42 Å². The zero-order chi connectivity index (χ0) is 12.4. The lowest BCUT2D eigenvalue weighted by Crippen LogP contribution is -2.49. The molecule has 0 fully saturated rings. The third kappa shape index (κ3) is 2.62. The van der Waals surface area contributed by atoms with Crippen LogP contribution in [0.25, 0.3) is 0 Å². The second-order valence-corrected chi connectivity index (χ2v) is 5.44. The summed E-state index contributed by atoms with van der Waals surface area (Å²) in [7, 11) is 1.96. The average Bonchev–Trinajstić information content (AvgIpc) is 2.59. The van der Waals surface area contributed by atoms with Crippen molar-refractivity contribution < 1.29 is 5.11 Å². The van der Waals surface area contributed by atoms with Crippen molar-refractivity contribution in [2.75, 3.05) is 6.54 Å². The van der Waals surface area contributed by atoms with Gasteiger partial charge in [-0.2, -0.15) is 0 Å². The molecule has 1 rings (SSSR count). The summed E-state index contributed by atoms with van der Waals surface area (Å²) in [5.74, 6) is 0.983. The fraction of sp³-hybridized carbons (Fsp3) is 0.750. The van der Waals surface area contributed by atoms with E-state index in [1.54, 1.807) is 6.20 Å². The zero-order valence-corrected chi connectivity index (χ0v) is 10.7. The van der Waals surface area contributed by atoms with Gasteiger partial charge in [-0.25, -0.2) is 4.98 Å². The minimum Gasteiger partial charge on any atom is -0.388 e. The molecule has 4 heteroatoms. The molecule has 0 aliphatic carbocycles. The van der Waals surface area contributed by atoms with Gasteiger partial charge in [-0.1, -0.05) is 20.8 Å². The van der Waals surface area contributed by atoms with Crippen molar-refractivity contribution >= 4 is 0 Å². The van der Waals surface area contributed by atoms with Crippen LogP contribution in [0.5, 0.6) is 0 Å². The molecule has 0 saturated heterocycles. The summed E-state index contributed by atoms with van der Waals surface area (Å²) in [5.41, 5.74) is 4.64. The summed E-state index contributed by atoms with van der Waals surface area (Å²) < 4.78 is 1.97. The Bertz CT molecular complexity index is 340. The molecule has 92 valence electrons. The molecule has 0 amide bonds. The van der Waals surface area contributed by atoms with Gasteiger partial charge in [0, 0.05) is 32.4 Å². The van der Waals surface area contributed by atoms with E-state index in [2.05, 4.69) is 4.98 Å². The molecular formula is C12H23N3O. The number of aliphatic hydroxyl groups is 1. The molecule has 0 radical (unpaired) electrons. The lowest BCUT2D eigenvalue weighted by Gasteiger charge is -2.39. The molecule has 0 aromatic carbocycles. The summed E-state index contributed by atoms with van der Waals surface area (Å²) >= 11 is 0. The standard InChI is InChI=1S/C12H23N3O/c1-11(2,3)12(16,9-13)6-5-10-14-7-8-15(10)4/h7-8,16H,5-6,9,13H2,1-4H3. The number of nitrogens with zero attached hydrogens (tertiary/aromatic N) is 2. The van der Waals surface area contributed by atoms with Crippen LogP contribution in [0.3, 0.4) is 0 Å². The first-order chi connectivity index (χ1) is 7.30. The van der Waals surface area contributed by atoms with E-state index in [-0.39, 0.29) is 12.0 Å². The van der Waals surface area contributed by atoms with Crippen molar-refractivity contribution in [3.8, 4) is 0 Å². The van der Waals surface area contributed by atoms with Gasteiger partial charge >= 0.3 is 0 Å². The molecule has 0 bridgehead atoms. The van der Waals surface area contributed by atoms with E-state index >= 15 is 0 Å². The number of nitrogens with two attached hydrogens (primary N) is 1. The van der Waals surface area contributed by atoms with Crippen LogP contribution in [-0.4, -0.2) is 26.8 Å². The number of hydrogen-bond acceptors (Lipinski definition) is 3. The highest BCUT2D eigenvalue weighted by Crippen LogP contribution is 2.33. The second-order valence-electron chi connectivity index (χ2n) is 5.44. The Labute approximate surface area is 97.5 Å². The highest BCUT2D eigenvalue weighted by Gasteiger charge is 2.38. The van der Waals surface area contributed by atoms with Crippen molar-refractivity contribution in [3.05, 3.63) is 18.2 Å². The highest BCUT2D eigenvalue weighted by atomic mass is 16.3. The Morgan fingerprint density at radius 1 is 1.44 bits per heavy atom. The number of imidazole rings is 1. The van der Waals surface area contributed by atoms with Crippen LogP contribution in [0.1, 0.15) is 33.0 Å². The third-order valence-electron chi connectivity index (χ3n) is 3.42. The molecule has 0 aliphatic rings. The van der Waals surface area contributed by atoms with E-state index in [1.165, 1.54) is 0 Å². The van der Waals surface area contributed by atoms with Crippen LogP contribution in [-0.2, 0) is 13.5 Å². The minimum atomic E-state index is -0.834. The maximum Gasteiger partial charge on any atom is 0.108 e. The minimum absolute atomic E-state index is 0.215. The summed E-state index contributed by atoms with van der Waals surface area (Å²) in [6, 6.07) is 0. The molecule has 1 unspecified atom stereocenters. The summed E-state index contributed by atoms with van der Waals surface area (Å²) in [4.78, 5) is 4.25. The molecular weight excluding hydrogens is 202 g/mol.